The smallest absolute Gasteiger partial charge is 0.471 e. The molecule has 3 heterocycles. The first-order valence-corrected chi connectivity index (χ1v) is 12.3. The van der Waals surface area contributed by atoms with E-state index in [0.29, 0.717) is 11.3 Å². The molecule has 3 rings (SSSR count). The van der Waals surface area contributed by atoms with Gasteiger partial charge in [0.2, 0.25) is 0 Å². The van der Waals surface area contributed by atoms with Crippen LogP contribution in [-0.2, 0) is 11.3 Å². The fraction of sp³-hybridized carbons (Fsp3) is 0.526. The third-order valence-corrected chi connectivity index (χ3v) is 6.93. The molecule has 0 spiro atoms. The summed E-state index contributed by atoms with van der Waals surface area (Å²) in [7, 11) is 1.06. The molecule has 2 N–H and O–H groups in total. The van der Waals surface area contributed by atoms with Crippen molar-refractivity contribution < 1.29 is 41.4 Å². The number of thiazole rings is 1. The van der Waals surface area contributed by atoms with E-state index in [2.05, 4.69) is 31.3 Å². The maximum Gasteiger partial charge on any atom is 0.471 e. The zero-order valence-electron chi connectivity index (χ0n) is 19.0. The maximum absolute atomic E-state index is 13.2. The fourth-order valence-corrected chi connectivity index (χ4v) is 5.25. The normalized spacial score (nSPS) is 16.4. The van der Waals surface area contributed by atoms with E-state index in [0.717, 1.165) is 29.3 Å². The lowest BCUT2D eigenvalue weighted by molar-refractivity contribution is -0.242. The van der Waals surface area contributed by atoms with Gasteiger partial charge in [0, 0.05) is 26.2 Å². The minimum absolute atomic E-state index is 0.00680. The molecule has 37 heavy (non-hydrogen) atoms. The van der Waals surface area contributed by atoms with Gasteiger partial charge in [-0.05, 0) is 35.2 Å². The van der Waals surface area contributed by atoms with E-state index in [1.54, 1.807) is 4.90 Å². The van der Waals surface area contributed by atoms with Crippen LogP contribution in [0.5, 0.6) is 0 Å². The van der Waals surface area contributed by atoms with E-state index in [1.807, 2.05) is 5.32 Å². The number of carbonyl (C=O) groups is 3. The van der Waals surface area contributed by atoms with Crippen LogP contribution in [0.3, 0.4) is 0 Å². The third-order valence-electron chi connectivity index (χ3n) is 5.51. The van der Waals surface area contributed by atoms with Crippen molar-refractivity contribution in [3.8, 4) is 0 Å². The highest BCUT2D eigenvalue weighted by molar-refractivity contribution is 9.11. The number of hydrogen-bond acceptors (Lipinski definition) is 8. The molecule has 2 aromatic heterocycles. The number of rotatable bonds is 7. The second-order valence-electron chi connectivity index (χ2n) is 7.95. The minimum atomic E-state index is -5.02. The number of carbonyl (C=O) groups excluding carboxylic acids is 3. The lowest BCUT2D eigenvalue weighted by atomic mass is 10.1. The third kappa shape index (κ3) is 7.06. The van der Waals surface area contributed by atoms with E-state index in [-0.39, 0.29) is 52.0 Å². The van der Waals surface area contributed by atoms with E-state index < -0.39 is 43.1 Å². The van der Waals surface area contributed by atoms with Crippen molar-refractivity contribution in [1.29, 1.82) is 0 Å². The summed E-state index contributed by atoms with van der Waals surface area (Å²) in [4.78, 5) is 41.6. The number of halogens is 6. The Morgan fingerprint density at radius 2 is 1.97 bits per heavy atom. The average Bonchev–Trinajstić information content (AvgIpc) is 3.24. The van der Waals surface area contributed by atoms with Crippen molar-refractivity contribution in [2.75, 3.05) is 35.7 Å². The van der Waals surface area contributed by atoms with E-state index >= 15 is 0 Å². The number of anilines is 3. The molecule has 2 aromatic rings. The van der Waals surface area contributed by atoms with Crippen molar-refractivity contribution in [2.24, 2.45) is 0 Å². The van der Waals surface area contributed by atoms with Gasteiger partial charge in [0.15, 0.2) is 15.4 Å². The van der Waals surface area contributed by atoms with Crippen molar-refractivity contribution in [1.82, 2.24) is 19.7 Å². The monoisotopic (exact) mass is 616 g/mol. The van der Waals surface area contributed by atoms with Crippen molar-refractivity contribution in [2.45, 2.75) is 44.5 Å². The highest BCUT2D eigenvalue weighted by Gasteiger charge is 2.43. The van der Waals surface area contributed by atoms with Gasteiger partial charge in [0.25, 0.3) is 12.3 Å². The first-order chi connectivity index (χ1) is 17.3. The standard InChI is InChI=1S/C19H21BrF5N7O4S/c1-30(16(34)19(23,24)25)9-3-2-5-31(6-4-9)15-10(7-26-32(15)8-11(21)22)27-13(33)12-14(29-18(35)36)37-17(20)28-12/h7,9,11,29H,2-6,8H2,1H3,(H,27,33)(H,35,36)/p-1. The SMILES string of the molecule is CN(C(=O)C(F)(F)F)C1CCCN(c2c(NC(=O)c3nc(Br)sc3NC(=O)[O-])cnn2CC(F)F)CC1. The Hall–Kier alpha value is -3.02. The number of nitrogens with zero attached hydrogens (tertiary/aromatic N) is 5. The van der Waals surface area contributed by atoms with Gasteiger partial charge < -0.3 is 30.3 Å². The summed E-state index contributed by atoms with van der Waals surface area (Å²) in [6.45, 7) is -0.517. The molecule has 18 heteroatoms. The van der Waals surface area contributed by atoms with Crippen molar-refractivity contribution >= 4 is 61.7 Å². The highest BCUT2D eigenvalue weighted by Crippen LogP contribution is 2.33. The van der Waals surface area contributed by atoms with Crippen LogP contribution >= 0.6 is 27.3 Å². The minimum Gasteiger partial charge on any atom is -0.530 e. The van der Waals surface area contributed by atoms with Gasteiger partial charge in [-0.2, -0.15) is 18.3 Å². The van der Waals surface area contributed by atoms with Crippen molar-refractivity contribution in [3.05, 3.63) is 15.8 Å². The number of nitrogens with one attached hydrogen (secondary N) is 2. The number of alkyl halides is 5. The van der Waals surface area contributed by atoms with E-state index in [9.17, 15) is 41.4 Å². The lowest BCUT2D eigenvalue weighted by Gasteiger charge is -2.28. The summed E-state index contributed by atoms with van der Waals surface area (Å²) >= 11 is 3.86. The van der Waals surface area contributed by atoms with Crippen molar-refractivity contribution in [3.63, 3.8) is 0 Å². The summed E-state index contributed by atoms with van der Waals surface area (Å²) in [6, 6.07) is -0.741. The molecule has 1 unspecified atom stereocenters. The van der Waals surface area contributed by atoms with Crippen LogP contribution in [0.2, 0.25) is 0 Å². The second kappa shape index (κ2) is 11.6. The Morgan fingerprint density at radius 3 is 2.59 bits per heavy atom. The zero-order chi connectivity index (χ0) is 27.5. The van der Waals surface area contributed by atoms with Gasteiger partial charge >= 0.3 is 12.1 Å². The fourth-order valence-electron chi connectivity index (χ4n) is 3.92. The summed E-state index contributed by atoms with van der Waals surface area (Å²) in [5.74, 6) is -2.76. The Bertz CT molecular complexity index is 1160. The molecule has 0 aromatic carbocycles. The number of carboxylic acid groups (broad SMARTS) is 1. The second-order valence-corrected chi connectivity index (χ2v) is 10.2. The summed E-state index contributed by atoms with van der Waals surface area (Å²) in [6.07, 6.45) is -7.70. The van der Waals surface area contributed by atoms with Crippen LogP contribution < -0.4 is 20.6 Å². The van der Waals surface area contributed by atoms with Crippen LogP contribution in [0.25, 0.3) is 0 Å². The topological polar surface area (TPSA) is 136 Å². The molecule has 1 aliphatic heterocycles. The van der Waals surface area contributed by atoms with Gasteiger partial charge in [0.05, 0.1) is 6.20 Å². The van der Waals surface area contributed by atoms with Gasteiger partial charge in [0.1, 0.15) is 23.3 Å². The molecule has 0 aliphatic carbocycles. The Kier molecular flexibility index (Phi) is 8.93. The Balaban J connectivity index is 1.85. The van der Waals surface area contributed by atoms with Gasteiger partial charge in [-0.3, -0.25) is 9.59 Å². The predicted molar refractivity (Wildman–Crippen MR) is 124 cm³/mol. The zero-order valence-corrected chi connectivity index (χ0v) is 21.4. The van der Waals surface area contributed by atoms with Crippen LogP contribution in [-0.4, -0.2) is 76.4 Å². The largest absolute Gasteiger partial charge is 0.530 e. The number of aromatic nitrogens is 3. The van der Waals surface area contributed by atoms with Crippen LogP contribution in [0.15, 0.2) is 10.1 Å². The van der Waals surface area contributed by atoms with Crippen LogP contribution in [0.4, 0.5) is 43.3 Å². The maximum atomic E-state index is 13.2. The van der Waals surface area contributed by atoms with Gasteiger partial charge in [-0.15, -0.1) is 0 Å². The molecular formula is C19H20BrF5N7O4S-. The van der Waals surface area contributed by atoms with Gasteiger partial charge in [-0.25, -0.2) is 18.4 Å². The first-order valence-electron chi connectivity index (χ1n) is 10.7. The molecule has 1 saturated heterocycles. The molecule has 11 nitrogen and oxygen atoms in total. The molecule has 0 saturated carbocycles. The van der Waals surface area contributed by atoms with Crippen LogP contribution in [0.1, 0.15) is 29.8 Å². The van der Waals surface area contributed by atoms with E-state index in [4.69, 9.17) is 0 Å². The summed E-state index contributed by atoms with van der Waals surface area (Å²) in [5, 5.41) is 19.1. The summed E-state index contributed by atoms with van der Waals surface area (Å²) < 4.78 is 66.2. The number of hydrogen-bond donors (Lipinski definition) is 2. The first kappa shape index (κ1) is 28.5. The molecular weight excluding hydrogens is 597 g/mol. The molecule has 1 atom stereocenters. The van der Waals surface area contributed by atoms with Gasteiger partial charge in [-0.1, -0.05) is 11.3 Å². The molecule has 204 valence electrons. The quantitative estimate of drug-likeness (QED) is 0.457. The average molecular weight is 617 g/mol. The van der Waals surface area contributed by atoms with E-state index in [1.165, 1.54) is 0 Å². The Labute approximate surface area is 218 Å². The Morgan fingerprint density at radius 1 is 1.27 bits per heavy atom. The molecule has 0 bridgehead atoms. The molecule has 1 fully saturated rings. The predicted octanol–water partition coefficient (Wildman–Crippen LogP) is 2.75. The summed E-state index contributed by atoms with van der Waals surface area (Å²) in [5.41, 5.74) is -0.302. The van der Waals surface area contributed by atoms with Crippen LogP contribution in [0, 0.1) is 0 Å². The number of amides is 3. The lowest BCUT2D eigenvalue weighted by Crippen LogP contribution is -2.45. The molecule has 1 aliphatic rings. The molecule has 0 radical (unpaired) electrons. The molecule has 3 amide bonds. The highest BCUT2D eigenvalue weighted by atomic mass is 79.9.